The zero-order chi connectivity index (χ0) is 14.1. The quantitative estimate of drug-likeness (QED) is 0.503. The minimum absolute atomic E-state index is 0.0592. The van der Waals surface area contributed by atoms with Crippen LogP contribution in [-0.2, 0) is 19.0 Å². The maximum atomic E-state index is 11.9. The van der Waals surface area contributed by atoms with E-state index in [2.05, 4.69) is 0 Å². The number of likely N-dealkylation sites (N-methyl/N-ethyl adjacent to an activating group) is 1. The normalized spacial score (nSPS) is 18.7. The average molecular weight is 293 g/mol. The molecule has 19 heavy (non-hydrogen) atoms. The summed E-state index contributed by atoms with van der Waals surface area (Å²) in [6.07, 6.45) is 6.19. The molecular formula is C13H27NO4S. The van der Waals surface area contributed by atoms with E-state index in [1.165, 1.54) is 12.8 Å². The summed E-state index contributed by atoms with van der Waals surface area (Å²) in [6.45, 7) is 1.83. The number of rotatable bonds is 8. The van der Waals surface area contributed by atoms with Crippen molar-refractivity contribution in [2.24, 2.45) is 0 Å². The first-order valence-electron chi connectivity index (χ1n) is 7.12. The highest BCUT2D eigenvalue weighted by Gasteiger charge is 2.21. The average Bonchev–Trinajstić information content (AvgIpc) is 2.62. The van der Waals surface area contributed by atoms with Crippen molar-refractivity contribution >= 4 is 10.1 Å². The molecule has 0 aromatic carbocycles. The molecule has 6 heteroatoms. The third kappa shape index (κ3) is 7.87. The molecule has 0 saturated heterocycles. The van der Waals surface area contributed by atoms with E-state index in [1.54, 1.807) is 7.11 Å². The van der Waals surface area contributed by atoms with Gasteiger partial charge in [-0.05, 0) is 19.9 Å². The van der Waals surface area contributed by atoms with Gasteiger partial charge in [-0.25, -0.2) is 0 Å². The van der Waals surface area contributed by atoms with Gasteiger partial charge in [0.2, 0.25) is 0 Å². The first kappa shape index (κ1) is 16.9. The Labute approximate surface area is 117 Å². The van der Waals surface area contributed by atoms with Gasteiger partial charge in [0.05, 0.1) is 18.5 Å². The highest BCUT2D eigenvalue weighted by atomic mass is 32.2. The fourth-order valence-electron chi connectivity index (χ4n) is 2.22. The van der Waals surface area contributed by atoms with Gasteiger partial charge in [0, 0.05) is 20.2 Å². The first-order chi connectivity index (χ1) is 9.03. The first-order valence-corrected chi connectivity index (χ1v) is 8.69. The van der Waals surface area contributed by atoms with Crippen molar-refractivity contribution in [1.29, 1.82) is 0 Å². The summed E-state index contributed by atoms with van der Waals surface area (Å²) in [5, 5.41) is 0. The maximum Gasteiger partial charge on any atom is 0.268 e. The Morgan fingerprint density at radius 3 is 2.32 bits per heavy atom. The molecule has 1 saturated carbocycles. The molecule has 5 nitrogen and oxygen atoms in total. The van der Waals surface area contributed by atoms with E-state index in [1.807, 2.05) is 11.9 Å². The summed E-state index contributed by atoms with van der Waals surface area (Å²) >= 11 is 0. The van der Waals surface area contributed by atoms with Gasteiger partial charge in [-0.1, -0.05) is 25.7 Å². The Balaban J connectivity index is 2.30. The molecule has 0 radical (unpaired) electrons. The zero-order valence-electron chi connectivity index (χ0n) is 12.1. The Hall–Kier alpha value is -0.170. The fraction of sp³-hybridized carbons (Fsp3) is 1.00. The molecule has 0 N–H and O–H groups in total. The summed E-state index contributed by atoms with van der Waals surface area (Å²) in [4.78, 5) is 1.94. The minimum Gasteiger partial charge on any atom is -0.383 e. The molecular weight excluding hydrogens is 266 g/mol. The van der Waals surface area contributed by atoms with Crippen LogP contribution in [0.15, 0.2) is 0 Å². The highest BCUT2D eigenvalue weighted by Crippen LogP contribution is 2.21. The van der Waals surface area contributed by atoms with Crippen LogP contribution in [-0.4, -0.2) is 59.0 Å². The largest absolute Gasteiger partial charge is 0.383 e. The second-order valence-corrected chi connectivity index (χ2v) is 6.98. The van der Waals surface area contributed by atoms with E-state index in [9.17, 15) is 8.42 Å². The van der Waals surface area contributed by atoms with E-state index in [4.69, 9.17) is 8.92 Å². The summed E-state index contributed by atoms with van der Waals surface area (Å²) in [7, 11) is 0.128. The van der Waals surface area contributed by atoms with Crippen LogP contribution in [0, 0.1) is 0 Å². The van der Waals surface area contributed by atoms with Crippen LogP contribution in [0.1, 0.15) is 38.5 Å². The molecule has 0 unspecified atom stereocenters. The molecule has 0 spiro atoms. The number of nitrogens with zero attached hydrogens (tertiary/aromatic N) is 1. The van der Waals surface area contributed by atoms with Gasteiger partial charge < -0.3 is 9.64 Å². The van der Waals surface area contributed by atoms with Gasteiger partial charge in [0.25, 0.3) is 10.1 Å². The molecule has 0 aliphatic heterocycles. The van der Waals surface area contributed by atoms with E-state index >= 15 is 0 Å². The van der Waals surface area contributed by atoms with Crippen LogP contribution < -0.4 is 0 Å². The predicted octanol–water partition coefficient (Wildman–Crippen LogP) is 1.63. The van der Waals surface area contributed by atoms with Gasteiger partial charge in [0.15, 0.2) is 0 Å². The van der Waals surface area contributed by atoms with Gasteiger partial charge in [-0.2, -0.15) is 8.42 Å². The van der Waals surface area contributed by atoms with E-state index in [0.717, 1.165) is 32.2 Å². The van der Waals surface area contributed by atoms with Crippen LogP contribution in [0.2, 0.25) is 0 Å². The van der Waals surface area contributed by atoms with Crippen molar-refractivity contribution < 1.29 is 17.3 Å². The zero-order valence-corrected chi connectivity index (χ0v) is 13.0. The Morgan fingerprint density at radius 2 is 1.74 bits per heavy atom. The molecule has 114 valence electrons. The van der Waals surface area contributed by atoms with Crippen molar-refractivity contribution in [2.75, 3.05) is 39.6 Å². The van der Waals surface area contributed by atoms with Crippen LogP contribution >= 0.6 is 0 Å². The lowest BCUT2D eigenvalue weighted by Crippen LogP contribution is -2.30. The number of methoxy groups -OCH3 is 1. The molecule has 0 heterocycles. The lowest BCUT2D eigenvalue weighted by Gasteiger charge is -2.18. The second kappa shape index (κ2) is 8.89. The van der Waals surface area contributed by atoms with Gasteiger partial charge in [-0.15, -0.1) is 0 Å². The van der Waals surface area contributed by atoms with Crippen LogP contribution in [0.4, 0.5) is 0 Å². The van der Waals surface area contributed by atoms with E-state index in [-0.39, 0.29) is 11.9 Å². The summed E-state index contributed by atoms with van der Waals surface area (Å²) in [5.74, 6) is 0.0592. The Bertz CT molecular complexity index is 324. The molecule has 0 aromatic heterocycles. The number of ether oxygens (including phenoxy) is 1. The number of hydrogen-bond acceptors (Lipinski definition) is 5. The summed E-state index contributed by atoms with van der Waals surface area (Å²) in [5.41, 5.74) is 0. The summed E-state index contributed by atoms with van der Waals surface area (Å²) in [6, 6.07) is 0. The highest BCUT2D eigenvalue weighted by molar-refractivity contribution is 7.86. The second-order valence-electron chi connectivity index (χ2n) is 5.27. The van der Waals surface area contributed by atoms with Gasteiger partial charge in [0.1, 0.15) is 0 Å². The third-order valence-corrected chi connectivity index (χ3v) is 4.73. The maximum absolute atomic E-state index is 11.9. The van der Waals surface area contributed by atoms with Crippen LogP contribution in [0.3, 0.4) is 0 Å². The van der Waals surface area contributed by atoms with Crippen molar-refractivity contribution in [3.8, 4) is 0 Å². The molecule has 1 fully saturated rings. The standard InChI is InChI=1S/C13H27NO4S/c1-14(9-11-17-2)10-12-19(15,16)18-13-7-5-3-4-6-8-13/h13H,3-12H2,1-2H3. The van der Waals surface area contributed by atoms with Crippen LogP contribution in [0.5, 0.6) is 0 Å². The van der Waals surface area contributed by atoms with E-state index in [0.29, 0.717) is 13.2 Å². The summed E-state index contributed by atoms with van der Waals surface area (Å²) < 4.78 is 34.1. The lowest BCUT2D eigenvalue weighted by molar-refractivity contribution is 0.162. The fourth-order valence-corrected chi connectivity index (χ4v) is 3.46. The third-order valence-electron chi connectivity index (χ3n) is 3.49. The lowest BCUT2D eigenvalue weighted by atomic mass is 10.2. The van der Waals surface area contributed by atoms with Crippen molar-refractivity contribution in [1.82, 2.24) is 4.90 Å². The van der Waals surface area contributed by atoms with Gasteiger partial charge in [-0.3, -0.25) is 4.18 Å². The molecule has 0 atom stereocenters. The SMILES string of the molecule is COCCN(C)CCS(=O)(=O)OC1CCCCCC1. The van der Waals surface area contributed by atoms with Crippen LogP contribution in [0.25, 0.3) is 0 Å². The van der Waals surface area contributed by atoms with Crippen molar-refractivity contribution in [3.05, 3.63) is 0 Å². The molecule has 1 aliphatic carbocycles. The minimum atomic E-state index is -3.40. The van der Waals surface area contributed by atoms with Crippen molar-refractivity contribution in [2.45, 2.75) is 44.6 Å². The topological polar surface area (TPSA) is 55.8 Å². The smallest absolute Gasteiger partial charge is 0.268 e. The molecule has 1 rings (SSSR count). The Morgan fingerprint density at radius 1 is 1.11 bits per heavy atom. The molecule has 0 amide bonds. The number of hydrogen-bond donors (Lipinski definition) is 0. The predicted molar refractivity (Wildman–Crippen MR) is 75.7 cm³/mol. The van der Waals surface area contributed by atoms with Crippen molar-refractivity contribution in [3.63, 3.8) is 0 Å². The molecule has 0 bridgehead atoms. The molecule has 1 aliphatic rings. The van der Waals surface area contributed by atoms with Gasteiger partial charge >= 0.3 is 0 Å². The van der Waals surface area contributed by atoms with E-state index < -0.39 is 10.1 Å². The monoisotopic (exact) mass is 293 g/mol. The Kier molecular flexibility index (Phi) is 7.90. The molecule has 0 aromatic rings.